The Morgan fingerprint density at radius 2 is 1.85 bits per heavy atom. The Balaban J connectivity index is 2.06. The molecular weight excluding hydrogens is 326 g/mol. The van der Waals surface area contributed by atoms with Crippen molar-refractivity contribution in [3.8, 4) is 11.4 Å². The van der Waals surface area contributed by atoms with Crippen LogP contribution in [0, 0.1) is 0 Å². The van der Waals surface area contributed by atoms with Gasteiger partial charge in [-0.3, -0.25) is 4.79 Å². The molecule has 0 aliphatic carbocycles. The van der Waals surface area contributed by atoms with Gasteiger partial charge in [-0.15, -0.1) is 0 Å². The van der Waals surface area contributed by atoms with Crippen LogP contribution in [0.4, 0.5) is 5.82 Å². The Bertz CT molecular complexity index is 909. The van der Waals surface area contributed by atoms with Gasteiger partial charge in [-0.25, -0.2) is 9.97 Å². The number of anilines is 1. The average Bonchev–Trinajstić information content (AvgIpc) is 2.64. The number of hydrogen-bond acceptors (Lipinski definition) is 5. The van der Waals surface area contributed by atoms with E-state index in [4.69, 9.17) is 10.7 Å². The molecule has 1 heterocycles. The van der Waals surface area contributed by atoms with Gasteiger partial charge in [-0.2, -0.15) is 0 Å². The maximum Gasteiger partial charge on any atom is 0.250 e. The molecular formula is C20H23N5O. The molecule has 6 heteroatoms. The summed E-state index contributed by atoms with van der Waals surface area (Å²) < 4.78 is 0. The third kappa shape index (κ3) is 3.97. The van der Waals surface area contributed by atoms with Crippen molar-refractivity contribution < 1.29 is 4.79 Å². The van der Waals surface area contributed by atoms with Crippen LogP contribution in [0.25, 0.3) is 22.3 Å². The molecule has 0 fully saturated rings. The van der Waals surface area contributed by atoms with Crippen LogP contribution in [0.15, 0.2) is 48.5 Å². The molecule has 0 aliphatic rings. The van der Waals surface area contributed by atoms with Crippen molar-refractivity contribution in [1.29, 1.82) is 0 Å². The number of benzene rings is 2. The standard InChI is InChI=1S/C20H23N5O/c1-25(2)13-7-12-22-20-16-11-6-10-15(18(21)26)17(16)23-19(24-20)14-8-4-3-5-9-14/h3-6,8-11H,7,12-13H2,1-2H3,(H2,21,26)(H,22,23,24). The molecule has 6 nitrogen and oxygen atoms in total. The molecule has 0 bridgehead atoms. The van der Waals surface area contributed by atoms with Crippen molar-refractivity contribution in [3.63, 3.8) is 0 Å². The summed E-state index contributed by atoms with van der Waals surface area (Å²) in [6.45, 7) is 1.76. The molecule has 134 valence electrons. The number of rotatable bonds is 7. The summed E-state index contributed by atoms with van der Waals surface area (Å²) in [6.07, 6.45) is 0.981. The Hall–Kier alpha value is -2.99. The van der Waals surface area contributed by atoms with Crippen molar-refractivity contribution in [3.05, 3.63) is 54.1 Å². The van der Waals surface area contributed by atoms with Crippen molar-refractivity contribution in [2.45, 2.75) is 6.42 Å². The van der Waals surface area contributed by atoms with Crippen LogP contribution >= 0.6 is 0 Å². The highest BCUT2D eigenvalue weighted by molar-refractivity contribution is 6.07. The van der Waals surface area contributed by atoms with E-state index in [1.165, 1.54) is 0 Å². The van der Waals surface area contributed by atoms with Crippen molar-refractivity contribution >= 4 is 22.6 Å². The quantitative estimate of drug-likeness (QED) is 0.641. The summed E-state index contributed by atoms with van der Waals surface area (Å²) in [6, 6.07) is 15.1. The lowest BCUT2D eigenvalue weighted by Crippen LogP contribution is -2.17. The van der Waals surface area contributed by atoms with Crippen LogP contribution < -0.4 is 11.1 Å². The number of nitrogens with one attached hydrogen (secondary N) is 1. The van der Waals surface area contributed by atoms with Crippen molar-refractivity contribution in [1.82, 2.24) is 14.9 Å². The number of carbonyl (C=O) groups is 1. The Morgan fingerprint density at radius 3 is 2.54 bits per heavy atom. The van der Waals surface area contributed by atoms with E-state index in [1.54, 1.807) is 12.1 Å². The van der Waals surface area contributed by atoms with Crippen molar-refractivity contribution in [2.75, 3.05) is 32.5 Å². The normalized spacial score (nSPS) is 11.0. The SMILES string of the molecule is CN(C)CCCNc1nc(-c2ccccc2)nc2c(C(N)=O)cccc12. The number of amides is 1. The lowest BCUT2D eigenvalue weighted by Gasteiger charge is -2.14. The van der Waals surface area contributed by atoms with Crippen LogP contribution in [0.1, 0.15) is 16.8 Å². The van der Waals surface area contributed by atoms with Gasteiger partial charge in [0, 0.05) is 17.5 Å². The third-order valence-corrected chi connectivity index (χ3v) is 4.10. The first-order valence-corrected chi connectivity index (χ1v) is 8.61. The minimum absolute atomic E-state index is 0.401. The fourth-order valence-corrected chi connectivity index (χ4v) is 2.80. The zero-order valence-electron chi connectivity index (χ0n) is 15.1. The molecule has 3 aromatic rings. The van der Waals surface area contributed by atoms with Crippen LogP contribution in [0.5, 0.6) is 0 Å². The van der Waals surface area contributed by atoms with Gasteiger partial charge in [0.1, 0.15) is 5.82 Å². The summed E-state index contributed by atoms with van der Waals surface area (Å²) in [5.41, 5.74) is 7.42. The Kier molecular flexibility index (Phi) is 5.43. The molecule has 0 atom stereocenters. The van der Waals surface area contributed by atoms with Gasteiger partial charge in [-0.1, -0.05) is 36.4 Å². The first-order chi connectivity index (χ1) is 12.6. The molecule has 0 radical (unpaired) electrons. The van der Waals surface area contributed by atoms with Crippen LogP contribution in [0.3, 0.4) is 0 Å². The maximum absolute atomic E-state index is 11.8. The van der Waals surface area contributed by atoms with Gasteiger partial charge in [0.05, 0.1) is 11.1 Å². The van der Waals surface area contributed by atoms with Gasteiger partial charge in [0.2, 0.25) is 0 Å². The minimum Gasteiger partial charge on any atom is -0.369 e. The minimum atomic E-state index is -0.494. The molecule has 3 N–H and O–H groups in total. The highest BCUT2D eigenvalue weighted by atomic mass is 16.1. The fourth-order valence-electron chi connectivity index (χ4n) is 2.80. The second-order valence-corrected chi connectivity index (χ2v) is 6.41. The molecule has 0 unspecified atom stereocenters. The molecule has 3 rings (SSSR count). The lowest BCUT2D eigenvalue weighted by molar-refractivity contribution is 0.100. The molecule has 0 saturated carbocycles. The zero-order chi connectivity index (χ0) is 18.5. The monoisotopic (exact) mass is 349 g/mol. The van der Waals surface area contributed by atoms with Gasteiger partial charge >= 0.3 is 0 Å². The van der Waals surface area contributed by atoms with Gasteiger partial charge < -0.3 is 16.0 Å². The number of primary amides is 1. The smallest absolute Gasteiger partial charge is 0.250 e. The first kappa shape index (κ1) is 17.8. The van der Waals surface area contributed by atoms with Crippen LogP contribution in [0.2, 0.25) is 0 Å². The predicted octanol–water partition coefficient (Wildman–Crippen LogP) is 2.76. The molecule has 0 spiro atoms. The van der Waals surface area contributed by atoms with Gasteiger partial charge in [-0.05, 0) is 39.2 Å². The van der Waals surface area contributed by atoms with E-state index in [0.717, 1.165) is 36.3 Å². The predicted molar refractivity (Wildman–Crippen MR) is 105 cm³/mol. The van der Waals surface area contributed by atoms with E-state index in [9.17, 15) is 4.79 Å². The number of para-hydroxylation sites is 1. The number of hydrogen-bond donors (Lipinski definition) is 2. The van der Waals surface area contributed by atoms with Crippen molar-refractivity contribution in [2.24, 2.45) is 5.73 Å². The van der Waals surface area contributed by atoms with E-state index in [2.05, 4.69) is 15.2 Å². The lowest BCUT2D eigenvalue weighted by atomic mass is 10.1. The fraction of sp³-hybridized carbons (Fsp3) is 0.250. The number of aromatic nitrogens is 2. The number of carbonyl (C=O) groups excluding carboxylic acids is 1. The summed E-state index contributed by atoms with van der Waals surface area (Å²) in [7, 11) is 4.10. The van der Waals surface area contributed by atoms with Gasteiger partial charge in [0.15, 0.2) is 5.82 Å². The van der Waals surface area contributed by atoms with Gasteiger partial charge in [0.25, 0.3) is 5.91 Å². The second kappa shape index (κ2) is 7.93. The number of nitrogens with two attached hydrogens (primary N) is 1. The largest absolute Gasteiger partial charge is 0.369 e. The molecule has 0 saturated heterocycles. The first-order valence-electron chi connectivity index (χ1n) is 8.61. The average molecular weight is 349 g/mol. The van der Waals surface area contributed by atoms with E-state index in [-0.39, 0.29) is 0 Å². The van der Waals surface area contributed by atoms with E-state index >= 15 is 0 Å². The Morgan fingerprint density at radius 1 is 1.08 bits per heavy atom. The third-order valence-electron chi connectivity index (χ3n) is 4.10. The Labute approximate surface area is 153 Å². The molecule has 1 aromatic heterocycles. The van der Waals surface area contributed by atoms with Crippen LogP contribution in [-0.4, -0.2) is 48.0 Å². The molecule has 2 aromatic carbocycles. The summed E-state index contributed by atoms with van der Waals surface area (Å²) >= 11 is 0. The highest BCUT2D eigenvalue weighted by Crippen LogP contribution is 2.27. The molecule has 26 heavy (non-hydrogen) atoms. The highest BCUT2D eigenvalue weighted by Gasteiger charge is 2.14. The summed E-state index contributed by atoms with van der Waals surface area (Å²) in [5, 5.41) is 4.19. The number of fused-ring (bicyclic) bond motifs is 1. The summed E-state index contributed by atoms with van der Waals surface area (Å²) in [5.74, 6) is 0.796. The maximum atomic E-state index is 11.8. The van der Waals surface area contributed by atoms with Crippen LogP contribution in [-0.2, 0) is 0 Å². The van der Waals surface area contributed by atoms with E-state index < -0.39 is 5.91 Å². The summed E-state index contributed by atoms with van der Waals surface area (Å²) in [4.78, 5) is 23.3. The van der Waals surface area contributed by atoms with E-state index in [0.29, 0.717) is 16.9 Å². The number of nitrogens with zero attached hydrogens (tertiary/aromatic N) is 3. The van der Waals surface area contributed by atoms with E-state index in [1.807, 2.05) is 50.5 Å². The molecule has 1 amide bonds. The second-order valence-electron chi connectivity index (χ2n) is 6.41. The zero-order valence-corrected chi connectivity index (χ0v) is 15.1. The molecule has 0 aliphatic heterocycles. The topological polar surface area (TPSA) is 84.1 Å².